The van der Waals surface area contributed by atoms with E-state index in [0.717, 1.165) is 6.07 Å². The Morgan fingerprint density at radius 3 is 2.50 bits per heavy atom. The molecule has 148 valence electrons. The van der Waals surface area contributed by atoms with Crippen molar-refractivity contribution in [3.8, 4) is 0 Å². The van der Waals surface area contributed by atoms with E-state index in [9.17, 15) is 23.1 Å². The molecule has 0 unspecified atom stereocenters. The minimum atomic E-state index is -2.78. The van der Waals surface area contributed by atoms with Crippen molar-refractivity contribution in [1.29, 1.82) is 0 Å². The van der Waals surface area contributed by atoms with E-state index in [1.165, 1.54) is 31.3 Å². The van der Waals surface area contributed by atoms with Gasteiger partial charge >= 0.3 is 0 Å². The zero-order chi connectivity index (χ0) is 20.8. The molecule has 5 N–H and O–H groups in total. The summed E-state index contributed by atoms with van der Waals surface area (Å²) >= 11 is 0. The molecule has 1 heterocycles. The number of carbonyl (C=O) groups is 1. The Kier molecular flexibility index (Phi) is 6.89. The highest BCUT2D eigenvalue weighted by molar-refractivity contribution is 6.22. The Bertz CT molecular complexity index is 939. The van der Waals surface area contributed by atoms with Gasteiger partial charge in [-0.25, -0.2) is 23.1 Å². The van der Waals surface area contributed by atoms with Gasteiger partial charge in [0.25, 0.3) is 12.3 Å². The number of benzene rings is 1. The molecule has 2 aromatic rings. The standard InChI is InChI=1S/C19H19F3N4O2/c1-10(23)17(19(24)28)15(9-27)26-16-7-11(2-3-25-16)4-12-5-13(18(21)22)8-14(20)6-12/h2-3,5-8,18,27H,4,9,23H2,1H3,(H2,24,28)/b17-10+,26-15?. The van der Waals surface area contributed by atoms with Crippen LogP contribution in [0.1, 0.15) is 30.0 Å². The van der Waals surface area contributed by atoms with Crippen LogP contribution in [0.2, 0.25) is 0 Å². The lowest BCUT2D eigenvalue weighted by molar-refractivity contribution is -0.114. The van der Waals surface area contributed by atoms with Gasteiger partial charge in [0.15, 0.2) is 5.82 Å². The molecule has 9 heteroatoms. The van der Waals surface area contributed by atoms with Gasteiger partial charge in [-0.3, -0.25) is 4.79 Å². The molecule has 6 nitrogen and oxygen atoms in total. The number of rotatable bonds is 7. The zero-order valence-corrected chi connectivity index (χ0v) is 15.0. The lowest BCUT2D eigenvalue weighted by atomic mass is 10.0. The summed E-state index contributed by atoms with van der Waals surface area (Å²) < 4.78 is 39.3. The number of aromatic nitrogens is 1. The normalized spacial score (nSPS) is 12.9. The molecule has 28 heavy (non-hydrogen) atoms. The molecule has 0 saturated carbocycles. The molecule has 0 fully saturated rings. The molecule has 1 amide bonds. The Morgan fingerprint density at radius 1 is 1.21 bits per heavy atom. The summed E-state index contributed by atoms with van der Waals surface area (Å²) in [5.41, 5.74) is 11.4. The fraction of sp³-hybridized carbons (Fsp3) is 0.211. The van der Waals surface area contributed by atoms with Gasteiger partial charge in [-0.05, 0) is 54.8 Å². The van der Waals surface area contributed by atoms with Gasteiger partial charge in [0.1, 0.15) is 5.82 Å². The number of pyridine rings is 1. The van der Waals surface area contributed by atoms with Crippen LogP contribution >= 0.6 is 0 Å². The molecule has 0 aliphatic carbocycles. The maximum absolute atomic E-state index is 13.6. The SMILES string of the molecule is C/C(N)=C(\C(N)=O)C(CO)=Nc1cc(Cc2cc(F)cc(C(F)F)c2)ccn1. The van der Waals surface area contributed by atoms with E-state index in [0.29, 0.717) is 11.1 Å². The van der Waals surface area contributed by atoms with Crippen LogP contribution in [0.25, 0.3) is 0 Å². The van der Waals surface area contributed by atoms with Crippen LogP contribution in [-0.4, -0.2) is 28.3 Å². The fourth-order valence-electron chi connectivity index (χ4n) is 2.64. The summed E-state index contributed by atoms with van der Waals surface area (Å²) in [5.74, 6) is -1.45. The molecule has 0 bridgehead atoms. The summed E-state index contributed by atoms with van der Waals surface area (Å²) in [6.07, 6.45) is -1.21. The predicted octanol–water partition coefficient (Wildman–Crippen LogP) is 2.53. The number of aliphatic hydroxyl groups excluding tert-OH is 1. The second kappa shape index (κ2) is 9.14. The number of halogens is 3. The van der Waals surface area contributed by atoms with E-state index in [1.807, 2.05) is 0 Å². The van der Waals surface area contributed by atoms with Gasteiger partial charge in [-0.1, -0.05) is 0 Å². The third kappa shape index (κ3) is 5.40. The lowest BCUT2D eigenvalue weighted by Crippen LogP contribution is -2.26. The topological polar surface area (TPSA) is 115 Å². The first-order chi connectivity index (χ1) is 13.2. The molecule has 1 aromatic carbocycles. The van der Waals surface area contributed by atoms with E-state index in [-0.39, 0.29) is 29.2 Å². The summed E-state index contributed by atoms with van der Waals surface area (Å²) in [4.78, 5) is 19.7. The molecule has 0 aliphatic rings. The van der Waals surface area contributed by atoms with Crippen LogP contribution < -0.4 is 11.5 Å². The van der Waals surface area contributed by atoms with Crippen LogP contribution in [0.3, 0.4) is 0 Å². The average molecular weight is 392 g/mol. The number of alkyl halides is 2. The van der Waals surface area contributed by atoms with Gasteiger partial charge in [0.05, 0.1) is 17.9 Å². The van der Waals surface area contributed by atoms with Gasteiger partial charge < -0.3 is 16.6 Å². The number of nitrogens with zero attached hydrogens (tertiary/aromatic N) is 2. The number of aliphatic imine (C=N–C) groups is 1. The number of allylic oxidation sites excluding steroid dienone is 1. The average Bonchev–Trinajstić information content (AvgIpc) is 2.60. The van der Waals surface area contributed by atoms with Gasteiger partial charge in [-0.2, -0.15) is 0 Å². The molecule has 0 spiro atoms. The second-order valence-corrected chi connectivity index (χ2v) is 6.03. The molecule has 0 aliphatic heterocycles. The highest BCUT2D eigenvalue weighted by Crippen LogP contribution is 2.23. The summed E-state index contributed by atoms with van der Waals surface area (Å²) in [5, 5.41) is 9.50. The van der Waals surface area contributed by atoms with Crippen LogP contribution in [0.5, 0.6) is 0 Å². The lowest BCUT2D eigenvalue weighted by Gasteiger charge is -2.09. The Hall–Kier alpha value is -3.20. The van der Waals surface area contributed by atoms with Crippen molar-refractivity contribution in [2.75, 3.05) is 6.61 Å². The minimum Gasteiger partial charge on any atom is -0.402 e. The molecule has 0 saturated heterocycles. The summed E-state index contributed by atoms with van der Waals surface area (Å²) in [6.45, 7) is 0.847. The Balaban J connectivity index is 2.37. The number of hydrogen-bond acceptors (Lipinski definition) is 5. The number of nitrogens with two attached hydrogens (primary N) is 2. The first kappa shape index (κ1) is 21.1. The Labute approximate surface area is 159 Å². The number of aliphatic hydroxyl groups is 1. The largest absolute Gasteiger partial charge is 0.402 e. The smallest absolute Gasteiger partial charge is 0.263 e. The van der Waals surface area contributed by atoms with Crippen molar-refractivity contribution < 1.29 is 23.1 Å². The molecule has 1 aromatic heterocycles. The van der Waals surface area contributed by atoms with Crippen molar-refractivity contribution in [2.45, 2.75) is 19.8 Å². The number of amides is 1. The minimum absolute atomic E-state index is 0.0529. The first-order valence-electron chi connectivity index (χ1n) is 8.18. The maximum Gasteiger partial charge on any atom is 0.263 e. The van der Waals surface area contributed by atoms with Crippen LogP contribution in [0, 0.1) is 5.82 Å². The third-order valence-corrected chi connectivity index (χ3v) is 3.78. The van der Waals surface area contributed by atoms with Crippen LogP contribution in [-0.2, 0) is 11.2 Å². The molecule has 0 radical (unpaired) electrons. The predicted molar refractivity (Wildman–Crippen MR) is 98.7 cm³/mol. The van der Waals surface area contributed by atoms with Gasteiger partial charge in [0.2, 0.25) is 0 Å². The van der Waals surface area contributed by atoms with E-state index >= 15 is 0 Å². The maximum atomic E-state index is 13.6. The number of carbonyl (C=O) groups excluding carboxylic acids is 1. The number of hydrogen-bond donors (Lipinski definition) is 3. The zero-order valence-electron chi connectivity index (χ0n) is 15.0. The van der Waals surface area contributed by atoms with E-state index in [1.54, 1.807) is 6.07 Å². The van der Waals surface area contributed by atoms with Gasteiger partial charge in [-0.15, -0.1) is 0 Å². The van der Waals surface area contributed by atoms with E-state index in [4.69, 9.17) is 11.5 Å². The quantitative estimate of drug-likeness (QED) is 0.496. The first-order valence-corrected chi connectivity index (χ1v) is 8.18. The van der Waals surface area contributed by atoms with Crippen molar-refractivity contribution in [2.24, 2.45) is 16.5 Å². The van der Waals surface area contributed by atoms with Gasteiger partial charge in [0, 0.05) is 17.5 Å². The Morgan fingerprint density at radius 2 is 1.93 bits per heavy atom. The van der Waals surface area contributed by atoms with Crippen molar-refractivity contribution in [1.82, 2.24) is 4.98 Å². The molecular weight excluding hydrogens is 373 g/mol. The summed E-state index contributed by atoms with van der Waals surface area (Å²) in [6, 6.07) is 6.32. The summed E-state index contributed by atoms with van der Waals surface area (Å²) in [7, 11) is 0. The monoisotopic (exact) mass is 392 g/mol. The highest BCUT2D eigenvalue weighted by Gasteiger charge is 2.16. The fourth-order valence-corrected chi connectivity index (χ4v) is 2.64. The molecule has 0 atom stereocenters. The molecular formula is C19H19F3N4O2. The van der Waals surface area contributed by atoms with Crippen molar-refractivity contribution in [3.05, 3.63) is 70.3 Å². The number of primary amides is 1. The third-order valence-electron chi connectivity index (χ3n) is 3.78. The highest BCUT2D eigenvalue weighted by atomic mass is 19.3. The van der Waals surface area contributed by atoms with E-state index in [2.05, 4.69) is 9.98 Å². The van der Waals surface area contributed by atoms with E-state index < -0.39 is 30.3 Å². The molecule has 2 rings (SSSR count). The van der Waals surface area contributed by atoms with Crippen molar-refractivity contribution >= 4 is 17.4 Å². The van der Waals surface area contributed by atoms with Crippen LogP contribution in [0.15, 0.2) is 52.8 Å². The van der Waals surface area contributed by atoms with Crippen molar-refractivity contribution in [3.63, 3.8) is 0 Å². The van der Waals surface area contributed by atoms with Crippen LogP contribution in [0.4, 0.5) is 19.0 Å². The second-order valence-electron chi connectivity index (χ2n) is 6.03.